The fourth-order valence-electron chi connectivity index (χ4n) is 2.45. The van der Waals surface area contributed by atoms with Crippen molar-refractivity contribution in [2.45, 2.75) is 38.6 Å². The zero-order valence-corrected chi connectivity index (χ0v) is 13.5. The van der Waals surface area contributed by atoms with Crippen LogP contribution >= 0.6 is 28.6 Å². The number of hydrogen-bond donors (Lipinski definition) is 2. The van der Waals surface area contributed by atoms with Gasteiger partial charge in [-0.1, -0.05) is 27.7 Å². The van der Waals surface area contributed by atoms with E-state index in [-0.39, 0.29) is 22.8 Å². The number of hydrogen-bond acceptors (Lipinski definition) is 2. The SMILES string of the molecule is CC1(C)C(NC(=O)c2cc(S)ccc2Br)C1(C)C. The van der Waals surface area contributed by atoms with Crippen LogP contribution in [0, 0.1) is 10.8 Å². The monoisotopic (exact) mass is 327 g/mol. The van der Waals surface area contributed by atoms with Gasteiger partial charge in [0.25, 0.3) is 5.91 Å². The first-order chi connectivity index (χ1) is 8.18. The summed E-state index contributed by atoms with van der Waals surface area (Å²) in [5, 5.41) is 3.12. The molecule has 0 saturated heterocycles. The van der Waals surface area contributed by atoms with E-state index >= 15 is 0 Å². The van der Waals surface area contributed by atoms with Gasteiger partial charge in [-0.25, -0.2) is 0 Å². The van der Waals surface area contributed by atoms with Crippen LogP contribution in [0.25, 0.3) is 0 Å². The summed E-state index contributed by atoms with van der Waals surface area (Å²) in [6, 6.07) is 5.70. The number of carbonyl (C=O) groups excluding carboxylic acids is 1. The van der Waals surface area contributed by atoms with E-state index in [0.29, 0.717) is 5.56 Å². The molecule has 0 aliphatic heterocycles. The Kier molecular flexibility index (Phi) is 3.31. The highest BCUT2D eigenvalue weighted by Crippen LogP contribution is 2.62. The van der Waals surface area contributed by atoms with Crippen molar-refractivity contribution in [2.75, 3.05) is 0 Å². The number of halogens is 1. The second-order valence-electron chi connectivity index (χ2n) is 6.01. The number of amides is 1. The van der Waals surface area contributed by atoms with Gasteiger partial charge in [-0.3, -0.25) is 4.79 Å². The van der Waals surface area contributed by atoms with Crippen LogP contribution in [0.2, 0.25) is 0 Å². The molecule has 1 aliphatic carbocycles. The van der Waals surface area contributed by atoms with Crippen molar-refractivity contribution in [3.63, 3.8) is 0 Å². The third-order valence-electron chi connectivity index (χ3n) is 4.49. The van der Waals surface area contributed by atoms with E-state index in [1.54, 1.807) is 6.07 Å². The lowest BCUT2D eigenvalue weighted by Crippen LogP contribution is -2.30. The lowest BCUT2D eigenvalue weighted by atomic mass is 10.0. The number of nitrogens with one attached hydrogen (secondary N) is 1. The average molecular weight is 328 g/mol. The first-order valence-corrected chi connectivity index (χ1v) is 7.21. The molecule has 98 valence electrons. The molecule has 18 heavy (non-hydrogen) atoms. The van der Waals surface area contributed by atoms with Gasteiger partial charge in [0.15, 0.2) is 0 Å². The maximum absolute atomic E-state index is 12.3. The van der Waals surface area contributed by atoms with Gasteiger partial charge in [-0.05, 0) is 45.0 Å². The topological polar surface area (TPSA) is 29.1 Å². The molecule has 1 aromatic rings. The normalized spacial score (nSPS) is 20.6. The van der Waals surface area contributed by atoms with E-state index in [1.807, 2.05) is 12.1 Å². The Morgan fingerprint density at radius 3 is 2.33 bits per heavy atom. The predicted octanol–water partition coefficient (Wildman–Crippen LogP) is 3.90. The van der Waals surface area contributed by atoms with Crippen molar-refractivity contribution in [3.8, 4) is 0 Å². The fourth-order valence-corrected chi connectivity index (χ4v) is 3.08. The lowest BCUT2D eigenvalue weighted by Gasteiger charge is -2.09. The van der Waals surface area contributed by atoms with E-state index in [4.69, 9.17) is 0 Å². The molecule has 0 atom stereocenters. The molecule has 1 saturated carbocycles. The van der Waals surface area contributed by atoms with Crippen molar-refractivity contribution < 1.29 is 4.79 Å². The summed E-state index contributed by atoms with van der Waals surface area (Å²) in [4.78, 5) is 13.1. The van der Waals surface area contributed by atoms with E-state index < -0.39 is 0 Å². The molecule has 1 aromatic carbocycles. The molecule has 1 fully saturated rings. The van der Waals surface area contributed by atoms with Crippen molar-refractivity contribution in [1.29, 1.82) is 0 Å². The van der Waals surface area contributed by atoms with Gasteiger partial charge in [-0.2, -0.15) is 0 Å². The zero-order chi connectivity index (χ0) is 13.7. The summed E-state index contributed by atoms with van der Waals surface area (Å²) in [7, 11) is 0. The van der Waals surface area contributed by atoms with Crippen LogP contribution in [0.4, 0.5) is 0 Å². The summed E-state index contributed by atoms with van der Waals surface area (Å²) in [6.07, 6.45) is 0. The second kappa shape index (κ2) is 4.27. The Bertz CT molecular complexity index is 497. The number of benzene rings is 1. The Morgan fingerprint density at radius 1 is 1.28 bits per heavy atom. The molecule has 1 aliphatic rings. The van der Waals surface area contributed by atoms with Crippen LogP contribution in [-0.4, -0.2) is 11.9 Å². The van der Waals surface area contributed by atoms with Crippen LogP contribution in [0.1, 0.15) is 38.1 Å². The van der Waals surface area contributed by atoms with Gasteiger partial charge < -0.3 is 5.32 Å². The lowest BCUT2D eigenvalue weighted by molar-refractivity contribution is 0.0942. The van der Waals surface area contributed by atoms with Crippen LogP contribution < -0.4 is 5.32 Å². The molecule has 2 nitrogen and oxygen atoms in total. The summed E-state index contributed by atoms with van der Waals surface area (Å²) in [5.41, 5.74) is 0.933. The van der Waals surface area contributed by atoms with E-state index in [0.717, 1.165) is 9.37 Å². The largest absolute Gasteiger partial charge is 0.348 e. The highest BCUT2D eigenvalue weighted by Gasteiger charge is 2.65. The molecule has 4 heteroatoms. The van der Waals surface area contributed by atoms with Gasteiger partial charge in [0.1, 0.15) is 0 Å². The van der Waals surface area contributed by atoms with Crippen molar-refractivity contribution in [2.24, 2.45) is 10.8 Å². The summed E-state index contributed by atoms with van der Waals surface area (Å²) < 4.78 is 0.800. The zero-order valence-electron chi connectivity index (χ0n) is 11.0. The summed E-state index contributed by atoms with van der Waals surface area (Å²) in [5.74, 6) is -0.0403. The fraction of sp³-hybridized carbons (Fsp3) is 0.500. The van der Waals surface area contributed by atoms with Gasteiger partial charge in [-0.15, -0.1) is 12.6 Å². The summed E-state index contributed by atoms with van der Waals surface area (Å²) in [6.45, 7) is 8.73. The van der Waals surface area contributed by atoms with E-state index in [9.17, 15) is 4.79 Å². The van der Waals surface area contributed by atoms with Crippen LogP contribution in [0.3, 0.4) is 0 Å². The molecule has 2 rings (SSSR count). The minimum Gasteiger partial charge on any atom is -0.348 e. The second-order valence-corrected chi connectivity index (χ2v) is 7.38. The number of rotatable bonds is 2. The van der Waals surface area contributed by atoms with Gasteiger partial charge in [0.05, 0.1) is 5.56 Å². The molecule has 0 unspecified atom stereocenters. The Morgan fingerprint density at radius 2 is 1.83 bits per heavy atom. The first-order valence-electron chi connectivity index (χ1n) is 5.97. The minimum absolute atomic E-state index is 0.0403. The molecule has 0 radical (unpaired) electrons. The van der Waals surface area contributed by atoms with Crippen molar-refractivity contribution >= 4 is 34.5 Å². The molecule has 0 aromatic heterocycles. The van der Waals surface area contributed by atoms with E-state index in [1.165, 1.54) is 0 Å². The molecular formula is C14H18BrNOS. The van der Waals surface area contributed by atoms with E-state index in [2.05, 4.69) is 61.6 Å². The Balaban J connectivity index is 2.17. The Labute approximate surface area is 122 Å². The number of thiol groups is 1. The standard InChI is InChI=1S/C14H18BrNOS/c1-13(2)12(14(13,3)4)16-11(17)9-7-8(18)5-6-10(9)15/h5-7,12,18H,1-4H3,(H,16,17). The third kappa shape index (κ3) is 2.10. The highest BCUT2D eigenvalue weighted by molar-refractivity contribution is 9.10. The Hall–Kier alpha value is -0.480. The highest BCUT2D eigenvalue weighted by atomic mass is 79.9. The van der Waals surface area contributed by atoms with Crippen LogP contribution in [0.15, 0.2) is 27.6 Å². The number of carbonyl (C=O) groups is 1. The van der Waals surface area contributed by atoms with Crippen LogP contribution in [-0.2, 0) is 0 Å². The molecule has 0 bridgehead atoms. The minimum atomic E-state index is -0.0403. The molecule has 1 amide bonds. The third-order valence-corrected chi connectivity index (χ3v) is 5.46. The maximum Gasteiger partial charge on any atom is 0.252 e. The van der Waals surface area contributed by atoms with Crippen molar-refractivity contribution in [3.05, 3.63) is 28.2 Å². The smallest absolute Gasteiger partial charge is 0.252 e. The predicted molar refractivity (Wildman–Crippen MR) is 80.2 cm³/mol. The first kappa shape index (κ1) is 13.9. The van der Waals surface area contributed by atoms with Gasteiger partial charge in [0, 0.05) is 15.4 Å². The quantitative estimate of drug-likeness (QED) is 0.792. The molecular weight excluding hydrogens is 310 g/mol. The summed E-state index contributed by atoms with van der Waals surface area (Å²) >= 11 is 7.67. The average Bonchev–Trinajstić information content (AvgIpc) is 2.64. The van der Waals surface area contributed by atoms with Gasteiger partial charge in [0.2, 0.25) is 0 Å². The van der Waals surface area contributed by atoms with Gasteiger partial charge >= 0.3 is 0 Å². The van der Waals surface area contributed by atoms with Crippen LogP contribution in [0.5, 0.6) is 0 Å². The van der Waals surface area contributed by atoms with Crippen molar-refractivity contribution in [1.82, 2.24) is 5.32 Å². The maximum atomic E-state index is 12.3. The molecule has 0 spiro atoms. The molecule has 0 heterocycles. The molecule has 1 N–H and O–H groups in total.